The number of hydrogen-bond acceptors (Lipinski definition) is 3. The molecule has 0 saturated heterocycles. The Bertz CT molecular complexity index is 632. The molecule has 0 radical (unpaired) electrons. The Morgan fingerprint density at radius 2 is 1.62 bits per heavy atom. The molecule has 0 saturated carbocycles. The van der Waals surface area contributed by atoms with Gasteiger partial charge in [0.05, 0.1) is 20.3 Å². The molecule has 0 fully saturated rings. The summed E-state index contributed by atoms with van der Waals surface area (Å²) < 4.78 is 11.8. The van der Waals surface area contributed by atoms with Crippen LogP contribution >= 0.6 is 15.9 Å². The monoisotopic (exact) mass is 349 g/mol. The summed E-state index contributed by atoms with van der Waals surface area (Å²) in [5.74, 6) is 1.49. The van der Waals surface area contributed by atoms with E-state index in [0.29, 0.717) is 0 Å². The fraction of sp³-hybridized carbons (Fsp3) is 0.294. The molecular weight excluding hydrogens is 330 g/mol. The van der Waals surface area contributed by atoms with Crippen LogP contribution < -0.4 is 15.2 Å². The van der Waals surface area contributed by atoms with Crippen LogP contribution in [0.25, 0.3) is 0 Å². The number of methoxy groups -OCH3 is 2. The molecule has 2 N–H and O–H groups in total. The van der Waals surface area contributed by atoms with Crippen LogP contribution in [0.2, 0.25) is 0 Å². The topological polar surface area (TPSA) is 44.5 Å². The van der Waals surface area contributed by atoms with Crippen LogP contribution in [-0.2, 0) is 0 Å². The van der Waals surface area contributed by atoms with Crippen molar-refractivity contribution in [3.63, 3.8) is 0 Å². The van der Waals surface area contributed by atoms with Gasteiger partial charge in [-0.2, -0.15) is 0 Å². The molecule has 2 aromatic carbocycles. The van der Waals surface area contributed by atoms with E-state index >= 15 is 0 Å². The van der Waals surface area contributed by atoms with E-state index in [4.69, 9.17) is 15.2 Å². The second-order valence-corrected chi connectivity index (χ2v) is 5.85. The Labute approximate surface area is 134 Å². The van der Waals surface area contributed by atoms with Gasteiger partial charge in [-0.25, -0.2) is 0 Å². The van der Waals surface area contributed by atoms with Crippen molar-refractivity contribution in [2.75, 3.05) is 14.2 Å². The highest BCUT2D eigenvalue weighted by Crippen LogP contribution is 2.33. The zero-order valence-electron chi connectivity index (χ0n) is 12.7. The molecule has 0 aliphatic carbocycles. The van der Waals surface area contributed by atoms with Gasteiger partial charge in [-0.05, 0) is 42.7 Å². The highest BCUT2D eigenvalue weighted by molar-refractivity contribution is 9.10. The van der Waals surface area contributed by atoms with Crippen molar-refractivity contribution >= 4 is 15.9 Å². The number of nitrogens with two attached hydrogens (primary N) is 1. The molecule has 21 heavy (non-hydrogen) atoms. The Morgan fingerprint density at radius 3 is 2.14 bits per heavy atom. The quantitative estimate of drug-likeness (QED) is 0.902. The number of rotatable bonds is 4. The minimum atomic E-state index is -0.239. The third-order valence-electron chi connectivity index (χ3n) is 3.59. The molecule has 3 nitrogen and oxygen atoms in total. The van der Waals surface area contributed by atoms with E-state index in [1.165, 1.54) is 11.1 Å². The number of hydrogen-bond donors (Lipinski definition) is 1. The predicted octanol–water partition coefficient (Wildman–Crippen LogP) is 4.13. The van der Waals surface area contributed by atoms with Gasteiger partial charge in [-0.15, -0.1) is 0 Å². The third-order valence-corrected chi connectivity index (χ3v) is 4.84. The lowest BCUT2D eigenvalue weighted by molar-refractivity contribution is 0.390. The molecule has 1 atom stereocenters. The summed E-state index contributed by atoms with van der Waals surface area (Å²) in [7, 11) is 3.28. The first-order valence-electron chi connectivity index (χ1n) is 6.72. The smallest absolute Gasteiger partial charge is 0.127 e. The minimum Gasteiger partial charge on any atom is -0.497 e. The second kappa shape index (κ2) is 6.50. The van der Waals surface area contributed by atoms with Gasteiger partial charge in [0.2, 0.25) is 0 Å². The lowest BCUT2D eigenvalue weighted by Gasteiger charge is -2.18. The second-order valence-electron chi connectivity index (χ2n) is 5.05. The standard InChI is InChI=1S/C17H20BrNO2/c1-10-7-12(8-11(2)16(10)18)17(19)14-6-5-13(20-3)9-15(14)21-4/h5-9,17H,19H2,1-4H3. The maximum atomic E-state index is 6.44. The van der Waals surface area contributed by atoms with E-state index in [0.717, 1.165) is 27.1 Å². The van der Waals surface area contributed by atoms with Crippen molar-refractivity contribution < 1.29 is 9.47 Å². The van der Waals surface area contributed by atoms with Crippen LogP contribution in [0.15, 0.2) is 34.8 Å². The Kier molecular flexibility index (Phi) is 4.91. The van der Waals surface area contributed by atoms with Crippen LogP contribution in [0.4, 0.5) is 0 Å². The summed E-state index contributed by atoms with van der Waals surface area (Å²) in [6.07, 6.45) is 0. The summed E-state index contributed by atoms with van der Waals surface area (Å²) in [5.41, 5.74) is 10.8. The molecule has 0 spiro atoms. The lowest BCUT2D eigenvalue weighted by atomic mass is 9.95. The van der Waals surface area contributed by atoms with Crippen molar-refractivity contribution in [1.82, 2.24) is 0 Å². The minimum absolute atomic E-state index is 0.239. The van der Waals surface area contributed by atoms with E-state index in [1.807, 2.05) is 18.2 Å². The van der Waals surface area contributed by atoms with E-state index in [2.05, 4.69) is 41.9 Å². The summed E-state index contributed by atoms with van der Waals surface area (Å²) in [5, 5.41) is 0. The summed E-state index contributed by atoms with van der Waals surface area (Å²) >= 11 is 3.58. The molecule has 2 rings (SSSR count). The van der Waals surface area contributed by atoms with Crippen molar-refractivity contribution in [1.29, 1.82) is 0 Å². The van der Waals surface area contributed by atoms with Gasteiger partial charge in [0.1, 0.15) is 11.5 Å². The number of aryl methyl sites for hydroxylation is 2. The van der Waals surface area contributed by atoms with Crippen LogP contribution in [-0.4, -0.2) is 14.2 Å². The lowest BCUT2D eigenvalue weighted by Crippen LogP contribution is -2.13. The molecule has 112 valence electrons. The van der Waals surface area contributed by atoms with Gasteiger partial charge in [-0.3, -0.25) is 0 Å². The maximum Gasteiger partial charge on any atom is 0.127 e. The Hall–Kier alpha value is -1.52. The molecule has 0 bridgehead atoms. The van der Waals surface area contributed by atoms with Gasteiger partial charge in [0.15, 0.2) is 0 Å². The molecule has 0 heterocycles. The van der Waals surface area contributed by atoms with Crippen molar-refractivity contribution in [3.8, 4) is 11.5 Å². The summed E-state index contributed by atoms with van der Waals surface area (Å²) in [6, 6.07) is 9.67. The molecule has 0 aliphatic rings. The molecule has 0 amide bonds. The Morgan fingerprint density at radius 1 is 1.00 bits per heavy atom. The van der Waals surface area contributed by atoms with E-state index in [1.54, 1.807) is 14.2 Å². The zero-order valence-corrected chi connectivity index (χ0v) is 14.3. The van der Waals surface area contributed by atoms with Crippen molar-refractivity contribution in [3.05, 3.63) is 57.1 Å². The highest BCUT2D eigenvalue weighted by Gasteiger charge is 2.16. The van der Waals surface area contributed by atoms with Gasteiger partial charge < -0.3 is 15.2 Å². The van der Waals surface area contributed by atoms with Crippen molar-refractivity contribution in [2.45, 2.75) is 19.9 Å². The third kappa shape index (κ3) is 3.22. The fourth-order valence-electron chi connectivity index (χ4n) is 2.41. The first kappa shape index (κ1) is 15.9. The van der Waals surface area contributed by atoms with Crippen LogP contribution in [0.5, 0.6) is 11.5 Å². The SMILES string of the molecule is COc1ccc(C(N)c2cc(C)c(Br)c(C)c2)c(OC)c1. The fourth-order valence-corrected chi connectivity index (χ4v) is 2.64. The first-order chi connectivity index (χ1) is 9.97. The van der Waals surface area contributed by atoms with Gasteiger partial charge in [0, 0.05) is 16.1 Å². The maximum absolute atomic E-state index is 6.44. The van der Waals surface area contributed by atoms with E-state index in [9.17, 15) is 0 Å². The first-order valence-corrected chi connectivity index (χ1v) is 7.51. The molecule has 4 heteroatoms. The number of benzene rings is 2. The predicted molar refractivity (Wildman–Crippen MR) is 89.2 cm³/mol. The van der Waals surface area contributed by atoms with Gasteiger partial charge >= 0.3 is 0 Å². The van der Waals surface area contributed by atoms with Crippen LogP contribution in [0, 0.1) is 13.8 Å². The zero-order chi connectivity index (χ0) is 15.6. The number of ether oxygens (including phenoxy) is 2. The molecule has 2 aromatic rings. The van der Waals surface area contributed by atoms with E-state index < -0.39 is 0 Å². The average Bonchev–Trinajstić information content (AvgIpc) is 2.50. The summed E-state index contributed by atoms with van der Waals surface area (Å²) in [6.45, 7) is 4.14. The molecule has 0 aromatic heterocycles. The summed E-state index contributed by atoms with van der Waals surface area (Å²) in [4.78, 5) is 0. The van der Waals surface area contributed by atoms with Gasteiger partial charge in [-0.1, -0.05) is 28.1 Å². The van der Waals surface area contributed by atoms with Crippen LogP contribution in [0.1, 0.15) is 28.3 Å². The van der Waals surface area contributed by atoms with Crippen LogP contribution in [0.3, 0.4) is 0 Å². The van der Waals surface area contributed by atoms with Gasteiger partial charge in [0.25, 0.3) is 0 Å². The molecule has 1 unspecified atom stereocenters. The largest absolute Gasteiger partial charge is 0.497 e. The molecular formula is C17H20BrNO2. The molecule has 0 aliphatic heterocycles. The average molecular weight is 350 g/mol. The van der Waals surface area contributed by atoms with Crippen molar-refractivity contribution in [2.24, 2.45) is 5.73 Å². The Balaban J connectivity index is 2.47. The van der Waals surface area contributed by atoms with E-state index in [-0.39, 0.29) is 6.04 Å². The number of halogens is 1. The highest BCUT2D eigenvalue weighted by atomic mass is 79.9. The normalized spacial score (nSPS) is 12.1.